The fourth-order valence-electron chi connectivity index (χ4n) is 18.7. The summed E-state index contributed by atoms with van der Waals surface area (Å²) in [7, 11) is -0.413. The molecule has 124 heavy (non-hydrogen) atoms. The number of hydrogen-bond donors (Lipinski definition) is 0. The second-order valence-corrected chi connectivity index (χ2v) is 33.8. The van der Waals surface area contributed by atoms with Gasteiger partial charge in [0.05, 0.1) is 61.5 Å². The second-order valence-electron chi connectivity index (χ2n) is 33.0. The zero-order valence-corrected chi connectivity index (χ0v) is 70.5. The van der Waals surface area contributed by atoms with Gasteiger partial charge in [-0.2, -0.15) is 0 Å². The number of rotatable bonds is 12. The number of fused-ring (bicyclic) bond motifs is 12. The first kappa shape index (κ1) is 76.9. The average Bonchev–Trinajstić information content (AvgIpc) is 1.52. The van der Waals surface area contributed by atoms with E-state index in [0.29, 0.717) is 5.82 Å². The molecule has 0 N–H and O–H groups in total. The SMILES string of the molecule is Brc1cc(-c2ccccc2)nc(-c2ccccc2)n1.CC1(C)OB(c2ccc(-c3nc4ccccc4c4cc5c(cc34)C(c3ccccc3)(c3ccccc3)c3ccccc3-5)cc2)OC1(C)C.c1ccc(-c2cc(-c3ccc(-c4nc5ccccc5c5cc6c(cc45)C(c4ccccc4)(c4ccccc4)c4ccccc4-6)cc3)nc(-c3ccccc3)n2)cc1. The topological polar surface area (TPSA) is 95.8 Å². The van der Waals surface area contributed by atoms with Gasteiger partial charge in [-0.15, -0.1) is 0 Å². The maximum atomic E-state index is 6.37. The molecule has 0 unspecified atom stereocenters. The molecule has 3 aliphatic rings. The van der Waals surface area contributed by atoms with Crippen molar-refractivity contribution < 1.29 is 9.31 Å². The first-order valence-corrected chi connectivity index (χ1v) is 43.0. The summed E-state index contributed by atoms with van der Waals surface area (Å²) in [6.45, 7) is 8.37. The molecule has 590 valence electrons. The predicted octanol–water partition coefficient (Wildman–Crippen LogP) is 27.5. The van der Waals surface area contributed by atoms with Crippen molar-refractivity contribution in [1.82, 2.24) is 29.9 Å². The zero-order valence-electron chi connectivity index (χ0n) is 68.9. The van der Waals surface area contributed by atoms with Gasteiger partial charge in [0, 0.05) is 60.5 Å². The van der Waals surface area contributed by atoms with E-state index in [1.807, 2.05) is 103 Å². The molecular formula is C114H82BBrN6O2. The van der Waals surface area contributed by atoms with E-state index in [-0.39, 0.29) is 0 Å². The molecule has 10 heteroatoms. The van der Waals surface area contributed by atoms with Gasteiger partial charge in [-0.3, -0.25) is 0 Å². The molecule has 0 atom stereocenters. The lowest BCUT2D eigenvalue weighted by Crippen LogP contribution is -2.41. The number of para-hydroxylation sites is 2. The van der Waals surface area contributed by atoms with Crippen LogP contribution in [0.4, 0.5) is 0 Å². The van der Waals surface area contributed by atoms with Gasteiger partial charge in [0.1, 0.15) is 4.60 Å². The van der Waals surface area contributed by atoms with E-state index in [1.165, 1.54) is 77.5 Å². The molecular weight excluding hydrogens is 1580 g/mol. The minimum atomic E-state index is -0.505. The number of pyridine rings is 2. The van der Waals surface area contributed by atoms with Crippen LogP contribution in [0.15, 0.2) is 429 Å². The van der Waals surface area contributed by atoms with E-state index in [2.05, 4.69) is 375 Å². The summed E-state index contributed by atoms with van der Waals surface area (Å²) < 4.78 is 13.5. The van der Waals surface area contributed by atoms with Gasteiger partial charge in [-0.05, 0) is 175 Å². The lowest BCUT2D eigenvalue weighted by molar-refractivity contribution is 0.00578. The minimum absolute atomic E-state index is 0.394. The van der Waals surface area contributed by atoms with Crippen LogP contribution in [0, 0.1) is 0 Å². The molecule has 0 saturated carbocycles. The molecule has 0 radical (unpaired) electrons. The van der Waals surface area contributed by atoms with Gasteiger partial charge in [0.25, 0.3) is 0 Å². The van der Waals surface area contributed by atoms with Crippen LogP contribution in [0.5, 0.6) is 0 Å². The Bertz CT molecular complexity index is 7190. The van der Waals surface area contributed by atoms with Crippen molar-refractivity contribution in [3.8, 4) is 101 Å². The zero-order chi connectivity index (χ0) is 83.5. The molecule has 1 saturated heterocycles. The summed E-state index contributed by atoms with van der Waals surface area (Å²) in [6.07, 6.45) is 0. The molecule has 1 fully saturated rings. The molecule has 20 aromatic rings. The van der Waals surface area contributed by atoms with E-state index in [4.69, 9.17) is 29.2 Å². The average molecular weight is 1660 g/mol. The van der Waals surface area contributed by atoms with E-state index >= 15 is 0 Å². The molecule has 0 spiro atoms. The van der Waals surface area contributed by atoms with Crippen molar-refractivity contribution >= 4 is 71.9 Å². The van der Waals surface area contributed by atoms with Crippen molar-refractivity contribution in [2.24, 2.45) is 0 Å². The summed E-state index contributed by atoms with van der Waals surface area (Å²) >= 11 is 3.46. The van der Waals surface area contributed by atoms with Crippen LogP contribution in [0.3, 0.4) is 0 Å². The molecule has 4 aromatic heterocycles. The number of benzene rings is 16. The van der Waals surface area contributed by atoms with Gasteiger partial charge in [-0.25, -0.2) is 29.9 Å². The van der Waals surface area contributed by atoms with Crippen LogP contribution < -0.4 is 5.46 Å². The Balaban J connectivity index is 0.000000127. The highest BCUT2D eigenvalue weighted by molar-refractivity contribution is 9.10. The molecule has 16 aromatic carbocycles. The van der Waals surface area contributed by atoms with Crippen LogP contribution >= 0.6 is 15.9 Å². The van der Waals surface area contributed by atoms with Gasteiger partial charge in [-0.1, -0.05) is 376 Å². The number of halogens is 1. The Hall–Kier alpha value is -14.5. The maximum absolute atomic E-state index is 6.37. The quantitative estimate of drug-likeness (QED) is 0.0678. The Kier molecular flexibility index (Phi) is 19.7. The lowest BCUT2D eigenvalue weighted by Gasteiger charge is -2.34. The molecule has 5 heterocycles. The summed E-state index contributed by atoms with van der Waals surface area (Å²) in [6, 6.07) is 150. The molecule has 8 nitrogen and oxygen atoms in total. The first-order chi connectivity index (χ1) is 60.9. The molecule has 1 aliphatic heterocycles. The maximum Gasteiger partial charge on any atom is 0.494 e. The molecule has 0 amide bonds. The Morgan fingerprint density at radius 1 is 0.234 bits per heavy atom. The van der Waals surface area contributed by atoms with Gasteiger partial charge in [0.15, 0.2) is 11.6 Å². The second kappa shape index (κ2) is 31.8. The van der Waals surface area contributed by atoms with Crippen LogP contribution in [0.1, 0.15) is 72.2 Å². The van der Waals surface area contributed by atoms with Crippen molar-refractivity contribution in [3.63, 3.8) is 0 Å². The van der Waals surface area contributed by atoms with E-state index in [1.54, 1.807) is 0 Å². The normalized spacial score (nSPS) is 14.0. The largest absolute Gasteiger partial charge is 0.494 e. The summed E-state index contributed by atoms with van der Waals surface area (Å²) in [5.41, 5.74) is 28.3. The fraction of sp³-hybridized carbons (Fsp3) is 0.0702. The number of aromatic nitrogens is 6. The standard InChI is InChI=1S/C54H35N3.C44H36BNO2.C16H11BrN2/c1-5-17-36(18-6-1)50-35-51(57-53(56-50)39-19-7-2-8-20-39)37-29-31-38(32-30-37)52-46-34-48-45(33-44(46)43-26-14-16-28-49(43)55-52)42-25-13-15-27-47(42)54(48,40-21-9-3-10-22-40)41-23-11-4-12-24-41;1-42(2)43(3,4)48-45(47-42)32-25-23-29(24-26-32)41-37-28-39-36(27-35(37)34-20-12-14-22-40(34)46-41)33-19-11-13-21-38(33)44(39,30-15-7-5-8-16-30)31-17-9-6-10-18-31;17-15-11-14(12-7-3-1-4-8-12)18-16(19-15)13-9-5-2-6-10-13/h1-35H;5-28H,1-4H3;1-11H. The van der Waals surface area contributed by atoms with Crippen LogP contribution in [0.2, 0.25) is 0 Å². The van der Waals surface area contributed by atoms with Gasteiger partial charge < -0.3 is 9.31 Å². The van der Waals surface area contributed by atoms with E-state index in [9.17, 15) is 0 Å². The highest BCUT2D eigenvalue weighted by Crippen LogP contribution is 2.60. The van der Waals surface area contributed by atoms with Crippen LogP contribution in [-0.2, 0) is 20.1 Å². The third-order valence-electron chi connectivity index (χ3n) is 25.3. The van der Waals surface area contributed by atoms with Crippen molar-refractivity contribution in [3.05, 3.63) is 474 Å². The van der Waals surface area contributed by atoms with E-state index in [0.717, 1.165) is 116 Å². The van der Waals surface area contributed by atoms with Crippen molar-refractivity contribution in [2.45, 2.75) is 49.7 Å². The first-order valence-electron chi connectivity index (χ1n) is 42.2. The van der Waals surface area contributed by atoms with Crippen molar-refractivity contribution in [1.29, 1.82) is 0 Å². The predicted molar refractivity (Wildman–Crippen MR) is 512 cm³/mol. The highest BCUT2D eigenvalue weighted by Gasteiger charge is 2.52. The summed E-state index contributed by atoms with van der Waals surface area (Å²) in [5.74, 6) is 1.43. The highest BCUT2D eigenvalue weighted by atomic mass is 79.9. The molecule has 0 bridgehead atoms. The minimum Gasteiger partial charge on any atom is -0.399 e. The van der Waals surface area contributed by atoms with E-state index < -0.39 is 29.2 Å². The van der Waals surface area contributed by atoms with Crippen molar-refractivity contribution in [2.75, 3.05) is 0 Å². The smallest absolute Gasteiger partial charge is 0.399 e. The van der Waals surface area contributed by atoms with Crippen LogP contribution in [0.25, 0.3) is 145 Å². The molecule has 2 aliphatic carbocycles. The molecule has 23 rings (SSSR count). The monoisotopic (exact) mass is 1660 g/mol. The lowest BCUT2D eigenvalue weighted by atomic mass is 9.67. The van der Waals surface area contributed by atoms with Gasteiger partial charge >= 0.3 is 7.12 Å². The third-order valence-corrected chi connectivity index (χ3v) is 25.8. The summed E-state index contributed by atoms with van der Waals surface area (Å²) in [5, 5.41) is 6.97. The Morgan fingerprint density at radius 3 is 0.935 bits per heavy atom. The third kappa shape index (κ3) is 13.5. The van der Waals surface area contributed by atoms with Crippen LogP contribution in [-0.4, -0.2) is 48.2 Å². The fourth-order valence-corrected chi connectivity index (χ4v) is 19.1. The van der Waals surface area contributed by atoms with Gasteiger partial charge in [0.2, 0.25) is 0 Å². The summed E-state index contributed by atoms with van der Waals surface area (Å²) in [4.78, 5) is 30.0. The number of hydrogen-bond acceptors (Lipinski definition) is 8. The Labute approximate surface area is 730 Å². The number of nitrogens with zero attached hydrogens (tertiary/aromatic N) is 6. The Morgan fingerprint density at radius 2 is 0.540 bits per heavy atom.